The normalized spacial score (nSPS) is 12.2. The highest BCUT2D eigenvalue weighted by Crippen LogP contribution is 2.11. The molecule has 190 valence electrons. The second-order valence-corrected chi connectivity index (χ2v) is 12.5. The maximum absolute atomic E-state index is 11.1. The van der Waals surface area contributed by atoms with Gasteiger partial charge in [-0.05, 0) is 66.8 Å². The maximum Gasteiger partial charge on any atom is 0.296 e. The Morgan fingerprint density at radius 3 is 1.41 bits per heavy atom. The first-order valence-corrected chi connectivity index (χ1v) is 12.6. The zero-order valence-corrected chi connectivity index (χ0v) is 23.8. The van der Waals surface area contributed by atoms with Crippen LogP contribution in [0.2, 0.25) is 0 Å². The Labute approximate surface area is 199 Å². The van der Waals surface area contributed by atoms with Crippen molar-refractivity contribution in [3.05, 3.63) is 29.8 Å². The van der Waals surface area contributed by atoms with Gasteiger partial charge >= 0.3 is 0 Å². The van der Waals surface area contributed by atoms with Crippen LogP contribution in [0.15, 0.2) is 29.2 Å². The van der Waals surface area contributed by atoms with Crippen molar-refractivity contribution in [1.82, 2.24) is 9.80 Å². The Bertz CT molecular complexity index is 667. The molecule has 0 saturated carbocycles. The van der Waals surface area contributed by atoms with Gasteiger partial charge in [-0.25, -0.2) is 0 Å². The predicted molar refractivity (Wildman–Crippen MR) is 138 cm³/mol. The lowest BCUT2D eigenvalue weighted by Crippen LogP contribution is -2.40. The SMILES string of the molecule is CN(C)CCCN(C)C.COS(=O)(=O)c1ccc(C)cc1.C[N+](C)(C)CCC[N+](C)(C)C. The van der Waals surface area contributed by atoms with E-state index in [2.05, 4.69) is 84.5 Å². The Balaban J connectivity index is 0. The zero-order valence-electron chi connectivity index (χ0n) is 23.0. The van der Waals surface area contributed by atoms with Crippen molar-refractivity contribution in [3.8, 4) is 0 Å². The summed E-state index contributed by atoms with van der Waals surface area (Å²) in [6, 6.07) is 6.50. The van der Waals surface area contributed by atoms with Gasteiger partial charge in [-0.2, -0.15) is 8.42 Å². The minimum Gasteiger partial charge on any atom is -0.331 e. The molecule has 0 fully saturated rings. The smallest absolute Gasteiger partial charge is 0.296 e. The van der Waals surface area contributed by atoms with Gasteiger partial charge in [0.1, 0.15) is 0 Å². The first-order chi connectivity index (χ1) is 14.4. The molecule has 0 unspecified atom stereocenters. The van der Waals surface area contributed by atoms with Crippen molar-refractivity contribution in [3.63, 3.8) is 0 Å². The number of hydrogen-bond donors (Lipinski definition) is 0. The fraction of sp³-hybridized carbons (Fsp3) is 0.750. The van der Waals surface area contributed by atoms with Crippen molar-refractivity contribution in [1.29, 1.82) is 0 Å². The van der Waals surface area contributed by atoms with Crippen LogP contribution in [-0.4, -0.2) is 131 Å². The molecule has 1 aromatic carbocycles. The van der Waals surface area contributed by atoms with Gasteiger partial charge in [0.2, 0.25) is 0 Å². The van der Waals surface area contributed by atoms with E-state index < -0.39 is 10.1 Å². The molecule has 0 atom stereocenters. The highest BCUT2D eigenvalue weighted by molar-refractivity contribution is 7.86. The topological polar surface area (TPSA) is 49.9 Å². The fourth-order valence-corrected chi connectivity index (χ4v) is 3.19. The molecule has 0 aliphatic carbocycles. The van der Waals surface area contributed by atoms with E-state index in [1.54, 1.807) is 12.1 Å². The number of quaternary nitrogens is 2. The minimum atomic E-state index is -3.51. The first-order valence-electron chi connectivity index (χ1n) is 11.2. The van der Waals surface area contributed by atoms with Crippen LogP contribution in [0.1, 0.15) is 18.4 Å². The molecule has 1 rings (SSSR count). The lowest BCUT2D eigenvalue weighted by atomic mass is 10.2. The van der Waals surface area contributed by atoms with Gasteiger partial charge in [0.15, 0.2) is 0 Å². The summed E-state index contributed by atoms with van der Waals surface area (Å²) < 4.78 is 28.7. The van der Waals surface area contributed by atoms with Gasteiger partial charge in [0, 0.05) is 6.42 Å². The monoisotopic (exact) mass is 476 g/mol. The number of rotatable bonds is 10. The van der Waals surface area contributed by atoms with Crippen LogP contribution in [0.25, 0.3) is 0 Å². The van der Waals surface area contributed by atoms with Crippen molar-refractivity contribution >= 4 is 10.1 Å². The number of aryl methyl sites for hydroxylation is 1. The Hall–Kier alpha value is -1.03. The maximum atomic E-state index is 11.1. The van der Waals surface area contributed by atoms with E-state index in [4.69, 9.17) is 0 Å². The molecule has 0 aromatic heterocycles. The van der Waals surface area contributed by atoms with Crippen LogP contribution in [-0.2, 0) is 14.3 Å². The summed E-state index contributed by atoms with van der Waals surface area (Å²) in [4.78, 5) is 4.61. The van der Waals surface area contributed by atoms with Crippen LogP contribution in [0, 0.1) is 6.92 Å². The molecule has 0 aliphatic heterocycles. The second-order valence-electron chi connectivity index (χ2n) is 10.8. The van der Waals surface area contributed by atoms with Crippen molar-refractivity contribution in [2.24, 2.45) is 0 Å². The molecule has 32 heavy (non-hydrogen) atoms. The minimum absolute atomic E-state index is 0.190. The number of benzene rings is 1. The first kappa shape index (κ1) is 33.1. The van der Waals surface area contributed by atoms with E-state index >= 15 is 0 Å². The van der Waals surface area contributed by atoms with Crippen LogP contribution < -0.4 is 0 Å². The largest absolute Gasteiger partial charge is 0.331 e. The molecule has 0 aliphatic rings. The quantitative estimate of drug-likeness (QED) is 0.384. The molecule has 0 amide bonds. The zero-order chi connectivity index (χ0) is 25.6. The predicted octanol–water partition coefficient (Wildman–Crippen LogP) is 2.62. The summed E-state index contributed by atoms with van der Waals surface area (Å²) in [6.45, 7) is 6.82. The summed E-state index contributed by atoms with van der Waals surface area (Å²) in [7, 11) is 19.5. The Morgan fingerprint density at radius 2 is 1.12 bits per heavy atom. The van der Waals surface area contributed by atoms with E-state index in [0.717, 1.165) is 21.6 Å². The highest BCUT2D eigenvalue weighted by atomic mass is 32.2. The molecule has 0 bridgehead atoms. The van der Waals surface area contributed by atoms with Crippen LogP contribution in [0.3, 0.4) is 0 Å². The van der Waals surface area contributed by atoms with Gasteiger partial charge in [0.05, 0.1) is 67.4 Å². The summed E-state index contributed by atoms with van der Waals surface area (Å²) in [5.41, 5.74) is 1.02. The van der Waals surface area contributed by atoms with Crippen LogP contribution >= 0.6 is 0 Å². The summed E-state index contributed by atoms with van der Waals surface area (Å²) in [5.74, 6) is 0. The molecular formula is C24H52N4O3S+2. The highest BCUT2D eigenvalue weighted by Gasteiger charge is 2.12. The third kappa shape index (κ3) is 22.2. The van der Waals surface area contributed by atoms with Gasteiger partial charge in [-0.3, -0.25) is 4.18 Å². The Morgan fingerprint density at radius 1 is 0.750 bits per heavy atom. The molecule has 1 aromatic rings. The fourth-order valence-electron chi connectivity index (χ4n) is 2.52. The van der Waals surface area contributed by atoms with Gasteiger partial charge in [-0.15, -0.1) is 0 Å². The summed E-state index contributed by atoms with van der Waals surface area (Å²) in [5, 5.41) is 0. The van der Waals surface area contributed by atoms with Crippen LogP contribution in [0.4, 0.5) is 0 Å². The molecule has 0 spiro atoms. The van der Waals surface area contributed by atoms with Crippen molar-refractivity contribution < 1.29 is 21.6 Å². The molecule has 0 radical (unpaired) electrons. The lowest BCUT2D eigenvalue weighted by Gasteiger charge is -2.28. The van der Waals surface area contributed by atoms with Crippen LogP contribution in [0.5, 0.6) is 0 Å². The van der Waals surface area contributed by atoms with Gasteiger partial charge < -0.3 is 18.8 Å². The van der Waals surface area contributed by atoms with E-state index in [0.29, 0.717) is 0 Å². The standard InChI is InChI=1S/C9H24N2.C8H10O3S.C7H18N2/c1-10(2,3)8-7-9-11(4,5)6;1-7-3-5-8(6-4-7)12(9,10)11-2;1-8(2)6-5-7-9(3)4/h7-9H2,1-6H3;3-6H,1-2H3;5-7H2,1-4H3/q+2;;. The Kier molecular flexibility index (Phi) is 16.3. The molecular weight excluding hydrogens is 424 g/mol. The van der Waals surface area contributed by atoms with Gasteiger partial charge in [0.25, 0.3) is 10.1 Å². The molecule has 0 saturated heterocycles. The van der Waals surface area contributed by atoms with E-state index in [9.17, 15) is 8.42 Å². The van der Waals surface area contributed by atoms with E-state index in [-0.39, 0.29) is 4.90 Å². The molecule has 8 heteroatoms. The second kappa shape index (κ2) is 15.7. The summed E-state index contributed by atoms with van der Waals surface area (Å²) >= 11 is 0. The number of nitrogens with zero attached hydrogens (tertiary/aromatic N) is 4. The number of hydrogen-bond acceptors (Lipinski definition) is 5. The summed E-state index contributed by atoms with van der Waals surface area (Å²) in [6.07, 6.45) is 2.58. The molecule has 7 nitrogen and oxygen atoms in total. The molecule has 0 heterocycles. The van der Waals surface area contributed by atoms with Gasteiger partial charge in [-0.1, -0.05) is 17.7 Å². The third-order valence-electron chi connectivity index (χ3n) is 4.40. The van der Waals surface area contributed by atoms with Crippen molar-refractivity contribution in [2.75, 3.05) is 104 Å². The van der Waals surface area contributed by atoms with Crippen molar-refractivity contribution in [2.45, 2.75) is 24.7 Å². The lowest BCUT2D eigenvalue weighted by molar-refractivity contribution is -0.890. The average molecular weight is 477 g/mol. The van der Waals surface area contributed by atoms with E-state index in [1.165, 1.54) is 51.2 Å². The van der Waals surface area contributed by atoms with E-state index in [1.807, 2.05) is 6.92 Å². The average Bonchev–Trinajstić information content (AvgIpc) is 2.60. The molecule has 0 N–H and O–H groups in total. The third-order valence-corrected chi connectivity index (χ3v) is 5.69.